The Hall–Kier alpha value is -1.42. The van der Waals surface area contributed by atoms with Crippen LogP contribution in [0.5, 0.6) is 0 Å². The molecule has 0 aromatic carbocycles. The zero-order chi connectivity index (χ0) is 13.5. The van der Waals surface area contributed by atoms with Crippen LogP contribution in [0, 0.1) is 6.92 Å². The van der Waals surface area contributed by atoms with Gasteiger partial charge in [-0.3, -0.25) is 0 Å². The van der Waals surface area contributed by atoms with Crippen LogP contribution in [0.3, 0.4) is 0 Å². The summed E-state index contributed by atoms with van der Waals surface area (Å²) in [6.45, 7) is 9.39. The summed E-state index contributed by atoms with van der Waals surface area (Å²) in [4.78, 5) is 9.25. The molecule has 0 aliphatic heterocycles. The van der Waals surface area contributed by atoms with E-state index >= 15 is 0 Å². The van der Waals surface area contributed by atoms with Crippen LogP contribution in [0.15, 0.2) is 6.20 Å². The van der Waals surface area contributed by atoms with Crippen LogP contribution < -0.4 is 5.32 Å². The van der Waals surface area contributed by atoms with Crippen molar-refractivity contribution >= 4 is 11.0 Å². The maximum Gasteiger partial charge on any atom is 0.143 e. The molecule has 0 unspecified atom stereocenters. The van der Waals surface area contributed by atoms with Gasteiger partial charge in [0.1, 0.15) is 11.5 Å². The van der Waals surface area contributed by atoms with Gasteiger partial charge in [0, 0.05) is 30.6 Å². The van der Waals surface area contributed by atoms with Crippen LogP contribution in [0.1, 0.15) is 37.9 Å². The number of nitrogens with one attached hydrogen (secondary N) is 1. The van der Waals surface area contributed by atoms with Gasteiger partial charge in [-0.15, -0.1) is 0 Å². The smallest absolute Gasteiger partial charge is 0.143 e. The molecule has 0 bridgehead atoms. The summed E-state index contributed by atoms with van der Waals surface area (Å²) >= 11 is 0. The van der Waals surface area contributed by atoms with E-state index in [4.69, 9.17) is 0 Å². The Balaban J connectivity index is 2.83. The van der Waals surface area contributed by atoms with Crippen molar-refractivity contribution in [3.8, 4) is 0 Å². The van der Waals surface area contributed by atoms with Gasteiger partial charge in [-0.2, -0.15) is 0 Å². The Bertz CT molecular complexity index is 575. The van der Waals surface area contributed by atoms with Crippen molar-refractivity contribution in [3.63, 3.8) is 0 Å². The van der Waals surface area contributed by atoms with E-state index in [9.17, 15) is 0 Å². The zero-order valence-electron chi connectivity index (χ0n) is 12.1. The minimum Gasteiger partial charge on any atom is -0.335 e. The molecule has 2 rings (SSSR count). The molecule has 4 nitrogen and oxygen atoms in total. The van der Waals surface area contributed by atoms with Crippen molar-refractivity contribution in [2.45, 2.75) is 39.7 Å². The maximum absolute atomic E-state index is 4.68. The Morgan fingerprint density at radius 1 is 1.28 bits per heavy atom. The predicted octanol–water partition coefficient (Wildman–Crippen LogP) is 2.29. The molecule has 1 N–H and O–H groups in total. The second kappa shape index (κ2) is 4.35. The molecule has 98 valence electrons. The van der Waals surface area contributed by atoms with E-state index in [2.05, 4.69) is 46.8 Å². The highest BCUT2D eigenvalue weighted by molar-refractivity contribution is 5.84. The maximum atomic E-state index is 4.68. The minimum atomic E-state index is 0.0236. The van der Waals surface area contributed by atoms with Gasteiger partial charge in [0.05, 0.1) is 5.69 Å². The van der Waals surface area contributed by atoms with Crippen molar-refractivity contribution in [1.29, 1.82) is 0 Å². The Morgan fingerprint density at radius 2 is 1.94 bits per heavy atom. The van der Waals surface area contributed by atoms with E-state index in [0.717, 1.165) is 23.7 Å². The number of fused-ring (bicyclic) bond motifs is 1. The fourth-order valence-corrected chi connectivity index (χ4v) is 2.34. The quantitative estimate of drug-likeness (QED) is 0.884. The van der Waals surface area contributed by atoms with Crippen molar-refractivity contribution in [2.75, 3.05) is 7.05 Å². The highest BCUT2D eigenvalue weighted by Gasteiger charge is 2.23. The largest absolute Gasteiger partial charge is 0.335 e. The summed E-state index contributed by atoms with van der Waals surface area (Å²) < 4.78 is 2.09. The first-order valence-electron chi connectivity index (χ1n) is 6.32. The third kappa shape index (κ3) is 2.12. The molecule has 0 aliphatic carbocycles. The van der Waals surface area contributed by atoms with E-state index in [1.54, 1.807) is 0 Å². The first-order valence-corrected chi connectivity index (χ1v) is 6.32. The van der Waals surface area contributed by atoms with E-state index in [0.29, 0.717) is 0 Å². The second-order valence-electron chi connectivity index (χ2n) is 5.86. The van der Waals surface area contributed by atoms with Crippen LogP contribution in [-0.2, 0) is 19.0 Å². The first-order chi connectivity index (χ1) is 8.34. The van der Waals surface area contributed by atoms with Crippen LogP contribution in [0.2, 0.25) is 0 Å². The average molecular weight is 246 g/mol. The Labute approximate surface area is 108 Å². The highest BCUT2D eigenvalue weighted by Crippen LogP contribution is 2.30. The lowest BCUT2D eigenvalue weighted by Crippen LogP contribution is -2.16. The molecule has 0 aliphatic rings. The summed E-state index contributed by atoms with van der Waals surface area (Å²) in [6, 6.07) is 0. The summed E-state index contributed by atoms with van der Waals surface area (Å²) in [5, 5.41) is 4.41. The number of aryl methyl sites for hydroxylation is 2. The molecular weight excluding hydrogens is 224 g/mol. The highest BCUT2D eigenvalue weighted by atomic mass is 15.0. The number of hydrogen-bond donors (Lipinski definition) is 1. The lowest BCUT2D eigenvalue weighted by Gasteiger charge is -2.20. The van der Waals surface area contributed by atoms with Crippen LogP contribution in [-0.4, -0.2) is 21.6 Å². The standard InChI is InChI=1S/C14H22N4/c1-9-16-12(14(2,3)4)11-10(7-15-5)8-18(6)13(11)17-9/h8,15H,7H2,1-6H3. The Morgan fingerprint density at radius 3 is 2.50 bits per heavy atom. The molecule has 0 atom stereocenters. The number of aromatic nitrogens is 3. The first kappa shape index (κ1) is 13.0. The van der Waals surface area contributed by atoms with E-state index in [1.807, 2.05) is 21.0 Å². The predicted molar refractivity (Wildman–Crippen MR) is 74.7 cm³/mol. The van der Waals surface area contributed by atoms with Crippen LogP contribution in [0.25, 0.3) is 11.0 Å². The lowest BCUT2D eigenvalue weighted by atomic mass is 9.89. The molecular formula is C14H22N4. The third-order valence-corrected chi connectivity index (χ3v) is 3.08. The molecule has 0 saturated carbocycles. The van der Waals surface area contributed by atoms with Gasteiger partial charge >= 0.3 is 0 Å². The van der Waals surface area contributed by atoms with Crippen molar-refractivity contribution in [3.05, 3.63) is 23.3 Å². The van der Waals surface area contributed by atoms with Crippen LogP contribution in [0.4, 0.5) is 0 Å². The molecule has 18 heavy (non-hydrogen) atoms. The molecule has 0 saturated heterocycles. The third-order valence-electron chi connectivity index (χ3n) is 3.08. The van der Waals surface area contributed by atoms with Gasteiger partial charge in [-0.05, 0) is 19.5 Å². The van der Waals surface area contributed by atoms with Gasteiger partial charge in [0.2, 0.25) is 0 Å². The normalized spacial score (nSPS) is 12.3. The fourth-order valence-electron chi connectivity index (χ4n) is 2.34. The Kier molecular flexibility index (Phi) is 3.15. The van der Waals surface area contributed by atoms with Gasteiger partial charge < -0.3 is 9.88 Å². The monoisotopic (exact) mass is 246 g/mol. The SMILES string of the molecule is CNCc1cn(C)c2nc(C)nc(C(C)(C)C)c12. The van der Waals surface area contributed by atoms with Gasteiger partial charge in [0.25, 0.3) is 0 Å². The van der Waals surface area contributed by atoms with E-state index in [1.165, 1.54) is 10.9 Å². The van der Waals surface area contributed by atoms with E-state index in [-0.39, 0.29) is 5.41 Å². The van der Waals surface area contributed by atoms with Gasteiger partial charge in [-0.25, -0.2) is 9.97 Å². The number of rotatable bonds is 2. The van der Waals surface area contributed by atoms with Crippen molar-refractivity contribution in [1.82, 2.24) is 19.9 Å². The van der Waals surface area contributed by atoms with E-state index < -0.39 is 0 Å². The molecule has 0 spiro atoms. The summed E-state index contributed by atoms with van der Waals surface area (Å²) in [5.41, 5.74) is 3.45. The molecule has 2 aromatic heterocycles. The molecule has 0 fully saturated rings. The van der Waals surface area contributed by atoms with Crippen molar-refractivity contribution in [2.24, 2.45) is 7.05 Å². The van der Waals surface area contributed by atoms with Gasteiger partial charge in [0.15, 0.2) is 0 Å². The summed E-state index contributed by atoms with van der Waals surface area (Å²) in [7, 11) is 4.00. The molecule has 2 heterocycles. The lowest BCUT2D eigenvalue weighted by molar-refractivity contribution is 0.571. The molecule has 2 aromatic rings. The minimum absolute atomic E-state index is 0.0236. The topological polar surface area (TPSA) is 42.7 Å². The molecule has 0 amide bonds. The summed E-state index contributed by atoms with van der Waals surface area (Å²) in [6.07, 6.45) is 2.14. The van der Waals surface area contributed by atoms with Crippen molar-refractivity contribution < 1.29 is 0 Å². The fraction of sp³-hybridized carbons (Fsp3) is 0.571. The number of hydrogen-bond acceptors (Lipinski definition) is 3. The molecule has 0 radical (unpaired) electrons. The number of nitrogens with zero attached hydrogens (tertiary/aromatic N) is 3. The molecule has 4 heteroatoms. The summed E-state index contributed by atoms with van der Waals surface area (Å²) in [5.74, 6) is 0.838. The second-order valence-corrected chi connectivity index (χ2v) is 5.86. The average Bonchev–Trinajstić information content (AvgIpc) is 2.54. The zero-order valence-corrected chi connectivity index (χ0v) is 12.1. The van der Waals surface area contributed by atoms with Crippen LogP contribution >= 0.6 is 0 Å². The van der Waals surface area contributed by atoms with Gasteiger partial charge in [-0.1, -0.05) is 20.8 Å².